The van der Waals surface area contributed by atoms with Crippen LogP contribution in [0.4, 0.5) is 0 Å². The van der Waals surface area contributed by atoms with Crippen LogP contribution in [0.5, 0.6) is 0 Å². The third-order valence-electron chi connectivity index (χ3n) is 2.66. The third kappa shape index (κ3) is 2.56. The predicted molar refractivity (Wildman–Crippen MR) is 69.3 cm³/mol. The molecule has 1 unspecified atom stereocenters. The largest absolute Gasteiger partial charge is 0.307 e. The molecular weight excluding hydrogens is 242 g/mol. The minimum Gasteiger partial charge on any atom is -0.307 e. The van der Waals surface area contributed by atoms with Crippen molar-refractivity contribution in [2.75, 3.05) is 5.88 Å². The Labute approximate surface area is 104 Å². The van der Waals surface area contributed by atoms with E-state index in [4.69, 9.17) is 11.6 Å². The van der Waals surface area contributed by atoms with Gasteiger partial charge in [-0.05, 0) is 5.92 Å². The Bertz CT molecular complexity index is 420. The van der Waals surface area contributed by atoms with Gasteiger partial charge in [-0.15, -0.1) is 22.9 Å². The molecule has 1 N–H and O–H groups in total. The fraction of sp³-hybridized carbons (Fsp3) is 0.545. The van der Waals surface area contributed by atoms with Crippen LogP contribution in [0.2, 0.25) is 0 Å². The lowest BCUT2D eigenvalue weighted by molar-refractivity contribution is 0.428. The van der Waals surface area contributed by atoms with Crippen molar-refractivity contribution >= 4 is 27.9 Å². The predicted octanol–water partition coefficient (Wildman–Crippen LogP) is 2.75. The van der Waals surface area contributed by atoms with E-state index in [1.165, 1.54) is 0 Å². The number of fused-ring (bicyclic) bond motifs is 1. The van der Waals surface area contributed by atoms with Crippen LogP contribution in [0, 0.1) is 5.92 Å². The lowest BCUT2D eigenvalue weighted by atomic mass is 10.1. The Morgan fingerprint density at radius 1 is 1.56 bits per heavy atom. The maximum absolute atomic E-state index is 5.90. The molecule has 3 nitrogen and oxygen atoms in total. The maximum Gasteiger partial charge on any atom is 0.193 e. The second kappa shape index (κ2) is 5.17. The van der Waals surface area contributed by atoms with Gasteiger partial charge >= 0.3 is 0 Å². The molecule has 5 heteroatoms. The molecule has 2 aromatic heterocycles. The van der Waals surface area contributed by atoms with Gasteiger partial charge in [0.15, 0.2) is 4.96 Å². The number of nitrogens with zero attached hydrogens (tertiary/aromatic N) is 2. The summed E-state index contributed by atoms with van der Waals surface area (Å²) in [6.07, 6.45) is 4.09. The van der Waals surface area contributed by atoms with Crippen molar-refractivity contribution in [1.82, 2.24) is 14.7 Å². The van der Waals surface area contributed by atoms with Crippen molar-refractivity contribution in [2.24, 2.45) is 5.92 Å². The van der Waals surface area contributed by atoms with Crippen LogP contribution >= 0.6 is 22.9 Å². The van der Waals surface area contributed by atoms with Gasteiger partial charge in [0.2, 0.25) is 0 Å². The minimum atomic E-state index is 0.349. The Hall–Kier alpha value is -0.580. The number of thiazole rings is 1. The van der Waals surface area contributed by atoms with Crippen LogP contribution in [-0.4, -0.2) is 21.3 Å². The molecule has 0 aliphatic rings. The van der Waals surface area contributed by atoms with E-state index >= 15 is 0 Å². The molecule has 0 aliphatic carbocycles. The summed E-state index contributed by atoms with van der Waals surface area (Å²) in [6, 6.07) is 0.349. The van der Waals surface area contributed by atoms with Crippen LogP contribution in [0.3, 0.4) is 0 Å². The van der Waals surface area contributed by atoms with E-state index in [0.717, 1.165) is 17.2 Å². The van der Waals surface area contributed by atoms with Gasteiger partial charge in [-0.1, -0.05) is 13.8 Å². The Balaban J connectivity index is 1.97. The molecule has 1 atom stereocenters. The normalized spacial score (nSPS) is 13.8. The second-order valence-corrected chi connectivity index (χ2v) is 5.39. The Kier molecular flexibility index (Phi) is 3.84. The number of imidazole rings is 1. The lowest BCUT2D eigenvalue weighted by Gasteiger charge is -2.18. The quantitative estimate of drug-likeness (QED) is 0.835. The Morgan fingerprint density at radius 2 is 2.38 bits per heavy atom. The van der Waals surface area contributed by atoms with Crippen molar-refractivity contribution in [3.05, 3.63) is 23.5 Å². The summed E-state index contributed by atoms with van der Waals surface area (Å²) >= 11 is 7.55. The number of alkyl halides is 1. The molecule has 0 fully saturated rings. The summed E-state index contributed by atoms with van der Waals surface area (Å²) < 4.78 is 2.05. The molecular formula is C11H16ClN3S. The standard InChI is InChI=1S/C11H16ClN3S/c1-8(2)10(5-12)13-6-9-7-15-3-4-16-11(15)14-9/h3-4,7-8,10,13H,5-6H2,1-2H3. The van der Waals surface area contributed by atoms with Gasteiger partial charge in [0.1, 0.15) is 0 Å². The summed E-state index contributed by atoms with van der Waals surface area (Å²) in [5.41, 5.74) is 1.07. The fourth-order valence-corrected chi connectivity index (χ4v) is 2.75. The molecule has 2 aromatic rings. The number of hydrogen-bond donors (Lipinski definition) is 1. The van der Waals surface area contributed by atoms with Crippen molar-refractivity contribution in [3.8, 4) is 0 Å². The van der Waals surface area contributed by atoms with E-state index in [1.54, 1.807) is 11.3 Å². The van der Waals surface area contributed by atoms with Gasteiger partial charge in [-0.3, -0.25) is 4.40 Å². The smallest absolute Gasteiger partial charge is 0.193 e. The maximum atomic E-state index is 5.90. The fourth-order valence-electron chi connectivity index (χ4n) is 1.57. The molecule has 0 saturated carbocycles. The minimum absolute atomic E-state index is 0.349. The molecule has 0 radical (unpaired) electrons. The van der Waals surface area contributed by atoms with Gasteiger partial charge < -0.3 is 5.32 Å². The van der Waals surface area contributed by atoms with Crippen LogP contribution < -0.4 is 5.32 Å². The number of aromatic nitrogens is 2. The number of rotatable bonds is 5. The summed E-state index contributed by atoms with van der Waals surface area (Å²) in [4.78, 5) is 5.56. The topological polar surface area (TPSA) is 29.3 Å². The first-order chi connectivity index (χ1) is 7.70. The third-order valence-corrected chi connectivity index (χ3v) is 3.76. The van der Waals surface area contributed by atoms with Gasteiger partial charge in [0.05, 0.1) is 5.69 Å². The lowest BCUT2D eigenvalue weighted by Crippen LogP contribution is -2.34. The zero-order valence-corrected chi connectivity index (χ0v) is 11.1. The average Bonchev–Trinajstić information content (AvgIpc) is 2.77. The van der Waals surface area contributed by atoms with E-state index in [0.29, 0.717) is 17.8 Å². The first-order valence-corrected chi connectivity index (χ1v) is 6.82. The molecule has 2 rings (SSSR count). The van der Waals surface area contributed by atoms with Crippen molar-refractivity contribution in [2.45, 2.75) is 26.4 Å². The van der Waals surface area contributed by atoms with Crippen LogP contribution in [0.25, 0.3) is 4.96 Å². The van der Waals surface area contributed by atoms with Crippen molar-refractivity contribution in [3.63, 3.8) is 0 Å². The van der Waals surface area contributed by atoms with Crippen molar-refractivity contribution in [1.29, 1.82) is 0 Å². The SMILES string of the molecule is CC(C)C(CCl)NCc1cn2ccsc2n1. The number of hydrogen-bond acceptors (Lipinski definition) is 3. The summed E-state index contributed by atoms with van der Waals surface area (Å²) in [5, 5.41) is 5.47. The summed E-state index contributed by atoms with van der Waals surface area (Å²) in [5.74, 6) is 1.18. The number of nitrogens with one attached hydrogen (secondary N) is 1. The Morgan fingerprint density at radius 3 is 3.00 bits per heavy atom. The second-order valence-electron chi connectivity index (χ2n) is 4.21. The van der Waals surface area contributed by atoms with E-state index in [1.807, 2.05) is 16.0 Å². The van der Waals surface area contributed by atoms with Gasteiger partial charge in [-0.25, -0.2) is 4.98 Å². The molecule has 0 bridgehead atoms. The summed E-state index contributed by atoms with van der Waals surface area (Å²) in [6.45, 7) is 5.13. The first-order valence-electron chi connectivity index (χ1n) is 5.41. The monoisotopic (exact) mass is 257 g/mol. The molecule has 88 valence electrons. The average molecular weight is 258 g/mol. The van der Waals surface area contributed by atoms with E-state index in [2.05, 4.69) is 30.3 Å². The molecule has 0 amide bonds. The highest BCUT2D eigenvalue weighted by Gasteiger charge is 2.12. The van der Waals surface area contributed by atoms with E-state index in [9.17, 15) is 0 Å². The van der Waals surface area contributed by atoms with Gasteiger partial charge in [-0.2, -0.15) is 0 Å². The number of halogens is 1. The highest BCUT2D eigenvalue weighted by Crippen LogP contribution is 2.12. The van der Waals surface area contributed by atoms with Crippen LogP contribution in [0.1, 0.15) is 19.5 Å². The van der Waals surface area contributed by atoms with E-state index < -0.39 is 0 Å². The molecule has 0 aromatic carbocycles. The zero-order chi connectivity index (χ0) is 11.5. The highest BCUT2D eigenvalue weighted by atomic mass is 35.5. The molecule has 16 heavy (non-hydrogen) atoms. The molecule has 0 spiro atoms. The highest BCUT2D eigenvalue weighted by molar-refractivity contribution is 7.15. The summed E-state index contributed by atoms with van der Waals surface area (Å²) in [7, 11) is 0. The zero-order valence-electron chi connectivity index (χ0n) is 9.48. The van der Waals surface area contributed by atoms with Crippen molar-refractivity contribution < 1.29 is 0 Å². The van der Waals surface area contributed by atoms with E-state index in [-0.39, 0.29) is 0 Å². The molecule has 2 heterocycles. The van der Waals surface area contributed by atoms with Gasteiger partial charge in [0, 0.05) is 36.2 Å². The molecule has 0 saturated heterocycles. The van der Waals surface area contributed by atoms with Crippen LogP contribution in [0.15, 0.2) is 17.8 Å². The van der Waals surface area contributed by atoms with Gasteiger partial charge in [0.25, 0.3) is 0 Å². The first kappa shape index (κ1) is 11.9. The van der Waals surface area contributed by atoms with Crippen LogP contribution in [-0.2, 0) is 6.54 Å². The molecule has 0 aliphatic heterocycles.